The monoisotopic (exact) mass is 385 g/mol. The van der Waals surface area contributed by atoms with Gasteiger partial charge in [0.2, 0.25) is 0 Å². The maximum Gasteiger partial charge on any atom is 0.0469 e. The number of fused-ring (bicyclic) bond motifs is 1. The minimum absolute atomic E-state index is 0. The number of piperazine rings is 1. The van der Waals surface area contributed by atoms with Crippen LogP contribution in [0.4, 0.5) is 0 Å². The number of hydrogen-bond donors (Lipinski definition) is 2. The van der Waals surface area contributed by atoms with E-state index in [1.807, 2.05) is 0 Å². The summed E-state index contributed by atoms with van der Waals surface area (Å²) in [5, 5.41) is 4.90. The minimum atomic E-state index is 0. The van der Waals surface area contributed by atoms with Gasteiger partial charge in [0, 0.05) is 62.0 Å². The molecule has 25 heavy (non-hydrogen) atoms. The Kier molecular flexibility index (Phi) is 7.59. The fraction of sp³-hybridized carbons (Fsp3) is 0.579. The normalized spacial score (nSPS) is 20.7. The van der Waals surface area contributed by atoms with Gasteiger partial charge in [0.25, 0.3) is 0 Å². The summed E-state index contributed by atoms with van der Waals surface area (Å²) in [7, 11) is 0. The molecule has 1 aromatic heterocycles. The Morgan fingerprint density at radius 1 is 1.08 bits per heavy atom. The van der Waals surface area contributed by atoms with Crippen molar-refractivity contribution in [3.8, 4) is 0 Å². The highest BCUT2D eigenvalue weighted by Gasteiger charge is 2.33. The average molecular weight is 386 g/mol. The lowest BCUT2D eigenvalue weighted by Crippen LogP contribution is -2.47. The second-order valence-electron chi connectivity index (χ2n) is 6.89. The van der Waals surface area contributed by atoms with Crippen molar-refractivity contribution in [2.24, 2.45) is 5.92 Å². The maximum absolute atomic E-state index is 5.63. The zero-order valence-electron chi connectivity index (χ0n) is 14.8. The first-order valence-corrected chi connectivity index (χ1v) is 8.94. The molecular weight excluding hydrogens is 357 g/mol. The van der Waals surface area contributed by atoms with Crippen LogP contribution in [0.1, 0.15) is 30.1 Å². The highest BCUT2D eigenvalue weighted by molar-refractivity contribution is 5.86. The van der Waals surface area contributed by atoms with Gasteiger partial charge in [-0.1, -0.05) is 18.2 Å². The zero-order valence-corrected chi connectivity index (χ0v) is 16.4. The van der Waals surface area contributed by atoms with Crippen molar-refractivity contribution in [2.75, 3.05) is 39.4 Å². The first-order valence-electron chi connectivity index (χ1n) is 8.94. The Balaban J connectivity index is 0.00000113. The number of benzene rings is 1. The fourth-order valence-corrected chi connectivity index (χ4v) is 4.39. The third kappa shape index (κ3) is 4.15. The Hall–Kier alpha value is -0.780. The molecule has 1 atom stereocenters. The molecule has 0 radical (unpaired) electrons. The minimum Gasteiger partial charge on any atom is -0.381 e. The van der Waals surface area contributed by atoms with E-state index in [1.165, 1.54) is 35.0 Å². The lowest BCUT2D eigenvalue weighted by atomic mass is 9.84. The predicted molar refractivity (Wildman–Crippen MR) is 108 cm³/mol. The molecule has 0 aliphatic carbocycles. The van der Waals surface area contributed by atoms with Crippen molar-refractivity contribution in [1.82, 2.24) is 15.2 Å². The molecule has 1 aromatic carbocycles. The van der Waals surface area contributed by atoms with Crippen molar-refractivity contribution < 1.29 is 4.74 Å². The van der Waals surface area contributed by atoms with Crippen LogP contribution in [0, 0.1) is 12.8 Å². The topological polar surface area (TPSA) is 40.3 Å². The van der Waals surface area contributed by atoms with Crippen molar-refractivity contribution in [2.45, 2.75) is 25.8 Å². The SMILES string of the molecule is Cc1[nH]c2ccccc2c1[C@H](C1CCOCC1)N1CCNCC1.Cl.Cl. The summed E-state index contributed by atoms with van der Waals surface area (Å²) in [5.41, 5.74) is 4.13. The third-order valence-corrected chi connectivity index (χ3v) is 5.50. The molecule has 6 heteroatoms. The number of nitrogens with zero attached hydrogens (tertiary/aromatic N) is 1. The van der Waals surface area contributed by atoms with Crippen molar-refractivity contribution in [1.29, 1.82) is 0 Å². The van der Waals surface area contributed by atoms with E-state index in [2.05, 4.69) is 46.4 Å². The molecular formula is C19H29Cl2N3O. The molecule has 0 saturated carbocycles. The number of para-hydroxylation sites is 1. The van der Waals surface area contributed by atoms with E-state index >= 15 is 0 Å². The van der Waals surface area contributed by atoms with E-state index in [0.717, 1.165) is 39.4 Å². The molecule has 4 nitrogen and oxygen atoms in total. The number of H-pyrrole nitrogens is 1. The highest BCUT2D eigenvalue weighted by Crippen LogP contribution is 2.40. The highest BCUT2D eigenvalue weighted by atomic mass is 35.5. The van der Waals surface area contributed by atoms with Gasteiger partial charge in [-0.2, -0.15) is 0 Å². The number of nitrogens with one attached hydrogen (secondary N) is 2. The molecule has 0 bridgehead atoms. The quantitative estimate of drug-likeness (QED) is 0.845. The number of hydrogen-bond acceptors (Lipinski definition) is 3. The number of aromatic amines is 1. The van der Waals surface area contributed by atoms with E-state index in [0.29, 0.717) is 12.0 Å². The first kappa shape index (κ1) is 20.5. The molecule has 140 valence electrons. The number of aromatic nitrogens is 1. The third-order valence-electron chi connectivity index (χ3n) is 5.50. The molecule has 3 heterocycles. The van der Waals surface area contributed by atoms with E-state index in [-0.39, 0.29) is 24.8 Å². The molecule has 2 aliphatic rings. The Labute approximate surface area is 162 Å². The number of ether oxygens (including phenoxy) is 1. The fourth-order valence-electron chi connectivity index (χ4n) is 4.39. The molecule has 2 aromatic rings. The van der Waals surface area contributed by atoms with Crippen molar-refractivity contribution >= 4 is 35.7 Å². The van der Waals surface area contributed by atoms with Crippen LogP contribution in [-0.2, 0) is 4.74 Å². The lowest BCUT2D eigenvalue weighted by molar-refractivity contribution is 0.0215. The second kappa shape index (κ2) is 9.24. The summed E-state index contributed by atoms with van der Waals surface area (Å²) in [6.07, 6.45) is 2.35. The zero-order chi connectivity index (χ0) is 15.6. The first-order chi connectivity index (χ1) is 11.3. The largest absolute Gasteiger partial charge is 0.381 e. The van der Waals surface area contributed by atoms with Crippen LogP contribution in [0.2, 0.25) is 0 Å². The molecule has 0 unspecified atom stereocenters. The smallest absolute Gasteiger partial charge is 0.0469 e. The van der Waals surface area contributed by atoms with Crippen molar-refractivity contribution in [3.63, 3.8) is 0 Å². The van der Waals surface area contributed by atoms with Gasteiger partial charge in [-0.25, -0.2) is 0 Å². The molecule has 2 fully saturated rings. The summed E-state index contributed by atoms with van der Waals surface area (Å²) in [6.45, 7) is 8.54. The maximum atomic E-state index is 5.63. The van der Waals surface area contributed by atoms with Crippen LogP contribution >= 0.6 is 24.8 Å². The van der Waals surface area contributed by atoms with Gasteiger partial charge >= 0.3 is 0 Å². The van der Waals surface area contributed by atoms with Gasteiger partial charge < -0.3 is 15.0 Å². The van der Waals surface area contributed by atoms with E-state index in [1.54, 1.807) is 0 Å². The summed E-state index contributed by atoms with van der Waals surface area (Å²) < 4.78 is 5.63. The van der Waals surface area contributed by atoms with Gasteiger partial charge in [0.05, 0.1) is 0 Å². The second-order valence-corrected chi connectivity index (χ2v) is 6.89. The van der Waals surface area contributed by atoms with E-state index in [4.69, 9.17) is 4.74 Å². The molecule has 2 saturated heterocycles. The average Bonchev–Trinajstić information content (AvgIpc) is 2.94. The van der Waals surface area contributed by atoms with E-state index in [9.17, 15) is 0 Å². The predicted octanol–water partition coefficient (Wildman–Crippen LogP) is 3.69. The molecule has 2 N–H and O–H groups in total. The van der Waals surface area contributed by atoms with Gasteiger partial charge in [0.15, 0.2) is 0 Å². The molecule has 0 spiro atoms. The Morgan fingerprint density at radius 3 is 2.48 bits per heavy atom. The van der Waals surface area contributed by atoms with Gasteiger partial charge in [-0.15, -0.1) is 24.8 Å². The summed E-state index contributed by atoms with van der Waals surface area (Å²) in [4.78, 5) is 6.32. The van der Waals surface area contributed by atoms with Crippen LogP contribution in [0.25, 0.3) is 10.9 Å². The lowest BCUT2D eigenvalue weighted by Gasteiger charge is -2.41. The van der Waals surface area contributed by atoms with Crippen LogP contribution in [0.3, 0.4) is 0 Å². The summed E-state index contributed by atoms with van der Waals surface area (Å²) >= 11 is 0. The van der Waals surface area contributed by atoms with Gasteiger partial charge in [-0.3, -0.25) is 4.90 Å². The summed E-state index contributed by atoms with van der Waals surface area (Å²) in [5.74, 6) is 0.694. The van der Waals surface area contributed by atoms with Crippen LogP contribution < -0.4 is 5.32 Å². The number of halogens is 2. The number of aryl methyl sites for hydroxylation is 1. The molecule has 2 aliphatic heterocycles. The van der Waals surface area contributed by atoms with E-state index < -0.39 is 0 Å². The van der Waals surface area contributed by atoms with Crippen LogP contribution in [-0.4, -0.2) is 49.3 Å². The van der Waals surface area contributed by atoms with Crippen molar-refractivity contribution in [3.05, 3.63) is 35.5 Å². The van der Waals surface area contributed by atoms with Gasteiger partial charge in [0.1, 0.15) is 0 Å². The molecule has 4 rings (SSSR count). The number of rotatable bonds is 3. The Morgan fingerprint density at radius 2 is 1.76 bits per heavy atom. The molecule has 0 amide bonds. The summed E-state index contributed by atoms with van der Waals surface area (Å²) in [6, 6.07) is 9.28. The van der Waals surface area contributed by atoms with Crippen LogP contribution in [0.15, 0.2) is 24.3 Å². The van der Waals surface area contributed by atoms with Gasteiger partial charge in [-0.05, 0) is 37.3 Å². The van der Waals surface area contributed by atoms with Crippen LogP contribution in [0.5, 0.6) is 0 Å². The standard InChI is InChI=1S/C19H27N3O.2ClH/c1-14-18(16-4-2-3-5-17(16)21-14)19(15-6-12-23-13-7-15)22-10-8-20-9-11-22;;/h2-5,15,19-21H,6-13H2,1H3;2*1H/t19-;;/m0../s1. The Bertz CT molecular complexity index is 646.